The van der Waals surface area contributed by atoms with Crippen molar-refractivity contribution in [2.75, 3.05) is 20.1 Å². The Balaban J connectivity index is 1.60. The molecular weight excluding hydrogens is 342 g/mol. The summed E-state index contributed by atoms with van der Waals surface area (Å²) < 4.78 is 7.54. The Morgan fingerprint density at radius 2 is 2.15 bits per heavy atom. The molecule has 3 aromatic heterocycles. The number of benzene rings is 1. The maximum atomic E-state index is 10.7. The number of imidazole rings is 1. The highest BCUT2D eigenvalue weighted by Crippen LogP contribution is 2.39. The molecule has 1 N–H and O–H groups in total. The van der Waals surface area contributed by atoms with Crippen LogP contribution in [0, 0.1) is 6.92 Å². The van der Waals surface area contributed by atoms with Crippen LogP contribution >= 0.6 is 0 Å². The van der Waals surface area contributed by atoms with E-state index in [4.69, 9.17) is 4.42 Å². The molecule has 0 aliphatic carbocycles. The van der Waals surface area contributed by atoms with E-state index in [1.54, 1.807) is 12.3 Å². The van der Waals surface area contributed by atoms with Crippen molar-refractivity contribution in [1.82, 2.24) is 24.6 Å². The smallest absolute Gasteiger partial charge is 0.182 e. The lowest BCUT2D eigenvalue weighted by molar-refractivity contribution is 0.214. The Morgan fingerprint density at radius 3 is 3.00 bits per heavy atom. The highest BCUT2D eigenvalue weighted by Gasteiger charge is 2.22. The Hall–Kier alpha value is -2.93. The van der Waals surface area contributed by atoms with E-state index in [9.17, 15) is 5.11 Å². The number of aryl methyl sites for hydroxylation is 1. The molecule has 0 saturated carbocycles. The van der Waals surface area contributed by atoms with Crippen LogP contribution in [-0.4, -0.2) is 49.9 Å². The highest BCUT2D eigenvalue weighted by molar-refractivity contribution is 5.93. The van der Waals surface area contributed by atoms with Crippen molar-refractivity contribution in [3.63, 3.8) is 0 Å². The number of phenols is 1. The van der Waals surface area contributed by atoms with Crippen molar-refractivity contribution in [2.45, 2.75) is 25.8 Å². The number of fused-ring (bicyclic) bond motifs is 2. The molecule has 1 fully saturated rings. The number of hydrogen-bond acceptors (Lipinski definition) is 6. The zero-order valence-electron chi connectivity index (χ0n) is 15.4. The molecule has 0 amide bonds. The summed E-state index contributed by atoms with van der Waals surface area (Å²) in [5, 5.41) is 20.3. The number of piperidine rings is 1. The van der Waals surface area contributed by atoms with Crippen molar-refractivity contribution in [1.29, 1.82) is 0 Å². The molecule has 7 nitrogen and oxygen atoms in total. The first-order valence-corrected chi connectivity index (χ1v) is 9.21. The fourth-order valence-electron chi connectivity index (χ4n) is 4.13. The largest absolute Gasteiger partial charge is 0.506 e. The van der Waals surface area contributed by atoms with Gasteiger partial charge in [-0.1, -0.05) is 0 Å². The summed E-state index contributed by atoms with van der Waals surface area (Å²) in [6.07, 6.45) is 5.73. The SMILES string of the molecule is Cc1cc2occc2c(O)c1-c1cc2ncn([C@@H]3CCCN(C)C3)c2nn1. The minimum atomic E-state index is 0.167. The summed E-state index contributed by atoms with van der Waals surface area (Å²) in [6, 6.07) is 5.94. The normalized spacial score (nSPS) is 18.5. The summed E-state index contributed by atoms with van der Waals surface area (Å²) in [6.45, 7) is 4.05. The molecule has 1 aromatic carbocycles. The van der Waals surface area contributed by atoms with E-state index in [1.807, 2.05) is 25.4 Å². The molecule has 0 unspecified atom stereocenters. The van der Waals surface area contributed by atoms with E-state index < -0.39 is 0 Å². The van der Waals surface area contributed by atoms with Crippen LogP contribution in [0.5, 0.6) is 5.75 Å². The molecule has 4 aromatic rings. The van der Waals surface area contributed by atoms with Gasteiger partial charge in [0.1, 0.15) is 16.8 Å². The van der Waals surface area contributed by atoms with Crippen LogP contribution in [0.25, 0.3) is 33.4 Å². The summed E-state index contributed by atoms with van der Waals surface area (Å²) in [5.41, 5.74) is 4.42. The number of likely N-dealkylation sites (tertiary alicyclic amines) is 1. The number of furan rings is 1. The maximum Gasteiger partial charge on any atom is 0.182 e. The predicted octanol–water partition coefficient (Wildman–Crippen LogP) is 3.52. The van der Waals surface area contributed by atoms with Crippen LogP contribution in [0.4, 0.5) is 0 Å². The third-order valence-corrected chi connectivity index (χ3v) is 5.50. The number of hydrogen-bond donors (Lipinski definition) is 1. The molecule has 27 heavy (non-hydrogen) atoms. The number of aromatic hydroxyl groups is 1. The topological polar surface area (TPSA) is 80.2 Å². The van der Waals surface area contributed by atoms with Gasteiger partial charge in [-0.05, 0) is 57.1 Å². The quantitative estimate of drug-likeness (QED) is 0.587. The first-order chi connectivity index (χ1) is 13.1. The predicted molar refractivity (Wildman–Crippen MR) is 103 cm³/mol. The van der Waals surface area contributed by atoms with E-state index in [1.165, 1.54) is 6.42 Å². The molecule has 1 aliphatic rings. The van der Waals surface area contributed by atoms with Crippen LogP contribution in [0.1, 0.15) is 24.4 Å². The van der Waals surface area contributed by atoms with Gasteiger partial charge in [0.05, 0.1) is 23.7 Å². The van der Waals surface area contributed by atoms with Gasteiger partial charge in [0.2, 0.25) is 0 Å². The van der Waals surface area contributed by atoms with Crippen molar-refractivity contribution in [3.05, 3.63) is 36.4 Å². The van der Waals surface area contributed by atoms with Crippen molar-refractivity contribution in [3.8, 4) is 17.0 Å². The van der Waals surface area contributed by atoms with Gasteiger partial charge in [-0.15, -0.1) is 10.2 Å². The van der Waals surface area contributed by atoms with Gasteiger partial charge >= 0.3 is 0 Å². The standard InChI is InChI=1S/C20H21N5O2/c1-12-8-17-14(5-7-27-17)19(26)18(12)15-9-16-20(23-22-15)25(11-21-16)13-4-3-6-24(2)10-13/h5,7-9,11,13,26H,3-4,6,10H2,1-2H3/t13-/m1/s1. The van der Waals surface area contributed by atoms with Crippen molar-refractivity contribution < 1.29 is 9.52 Å². The zero-order chi connectivity index (χ0) is 18.5. The van der Waals surface area contributed by atoms with E-state index in [-0.39, 0.29) is 5.75 Å². The fraction of sp³-hybridized carbons (Fsp3) is 0.350. The third kappa shape index (κ3) is 2.57. The molecule has 1 aliphatic heterocycles. The van der Waals surface area contributed by atoms with Gasteiger partial charge < -0.3 is 19.0 Å². The lowest BCUT2D eigenvalue weighted by Crippen LogP contribution is -2.33. The number of rotatable bonds is 2. The molecule has 1 saturated heterocycles. The van der Waals surface area contributed by atoms with Gasteiger partial charge in [-0.3, -0.25) is 0 Å². The third-order valence-electron chi connectivity index (χ3n) is 5.50. The molecule has 1 atom stereocenters. The number of likely N-dealkylation sites (N-methyl/N-ethyl adjacent to an activating group) is 1. The van der Waals surface area contributed by atoms with Crippen LogP contribution in [-0.2, 0) is 0 Å². The van der Waals surface area contributed by atoms with Crippen LogP contribution in [0.3, 0.4) is 0 Å². The lowest BCUT2D eigenvalue weighted by atomic mass is 10.0. The molecule has 5 rings (SSSR count). The second kappa shape index (κ2) is 6.06. The number of nitrogens with zero attached hydrogens (tertiary/aromatic N) is 5. The van der Waals surface area contributed by atoms with Gasteiger partial charge in [0.25, 0.3) is 0 Å². The summed E-state index contributed by atoms with van der Waals surface area (Å²) in [7, 11) is 2.15. The molecule has 138 valence electrons. The van der Waals surface area contributed by atoms with Crippen molar-refractivity contribution in [2.24, 2.45) is 0 Å². The summed E-state index contributed by atoms with van der Waals surface area (Å²) in [4.78, 5) is 6.90. The number of phenolic OH excluding ortho intramolecular Hbond substituents is 1. The second-order valence-electron chi connectivity index (χ2n) is 7.40. The Kier molecular flexibility index (Phi) is 3.65. The average Bonchev–Trinajstić information content (AvgIpc) is 3.28. The Labute approximate surface area is 156 Å². The van der Waals surface area contributed by atoms with Crippen LogP contribution in [0.15, 0.2) is 35.2 Å². The average molecular weight is 363 g/mol. The number of aromatic nitrogens is 4. The summed E-state index contributed by atoms with van der Waals surface area (Å²) in [5.74, 6) is 0.167. The van der Waals surface area contributed by atoms with Gasteiger partial charge in [0, 0.05) is 18.2 Å². The van der Waals surface area contributed by atoms with Crippen LogP contribution < -0.4 is 0 Å². The van der Waals surface area contributed by atoms with E-state index in [0.717, 1.165) is 36.2 Å². The first kappa shape index (κ1) is 16.3. The fourth-order valence-corrected chi connectivity index (χ4v) is 4.13. The molecular formula is C20H21N5O2. The Bertz CT molecular complexity index is 1150. The monoisotopic (exact) mass is 363 g/mol. The highest BCUT2D eigenvalue weighted by atomic mass is 16.3. The zero-order valence-corrected chi connectivity index (χ0v) is 15.4. The van der Waals surface area contributed by atoms with Gasteiger partial charge in [-0.25, -0.2) is 4.98 Å². The first-order valence-electron chi connectivity index (χ1n) is 9.21. The van der Waals surface area contributed by atoms with Crippen LogP contribution in [0.2, 0.25) is 0 Å². The van der Waals surface area contributed by atoms with E-state index in [2.05, 4.69) is 31.7 Å². The molecule has 7 heteroatoms. The minimum absolute atomic E-state index is 0.167. The Morgan fingerprint density at radius 1 is 1.26 bits per heavy atom. The molecule has 0 spiro atoms. The van der Waals surface area contributed by atoms with E-state index >= 15 is 0 Å². The van der Waals surface area contributed by atoms with Gasteiger partial charge in [0.15, 0.2) is 5.65 Å². The molecule has 0 radical (unpaired) electrons. The van der Waals surface area contributed by atoms with Gasteiger partial charge in [-0.2, -0.15) is 0 Å². The molecule has 0 bridgehead atoms. The lowest BCUT2D eigenvalue weighted by Gasteiger charge is -2.30. The van der Waals surface area contributed by atoms with E-state index in [0.29, 0.717) is 28.3 Å². The minimum Gasteiger partial charge on any atom is -0.506 e. The summed E-state index contributed by atoms with van der Waals surface area (Å²) >= 11 is 0. The molecule has 4 heterocycles. The maximum absolute atomic E-state index is 10.7. The second-order valence-corrected chi connectivity index (χ2v) is 7.40. The van der Waals surface area contributed by atoms with Crippen molar-refractivity contribution >= 4 is 22.1 Å².